The molecule has 1 saturated heterocycles. The Morgan fingerprint density at radius 3 is 1.49 bits per heavy atom. The third kappa shape index (κ3) is 19.3. The fourth-order valence-corrected chi connectivity index (χ4v) is 5.22. The van der Waals surface area contributed by atoms with Gasteiger partial charge in [0.25, 0.3) is 11.8 Å². The molecule has 0 aliphatic carbocycles. The fourth-order valence-electron chi connectivity index (χ4n) is 5.22. The molecule has 1 aromatic carbocycles. The van der Waals surface area contributed by atoms with E-state index in [0.717, 1.165) is 11.1 Å². The van der Waals surface area contributed by atoms with Gasteiger partial charge in [0, 0.05) is 77.4 Å². The van der Waals surface area contributed by atoms with Gasteiger partial charge in [-0.2, -0.15) is 5.54 Å². The van der Waals surface area contributed by atoms with Crippen molar-refractivity contribution in [2.24, 2.45) is 0 Å². The zero-order chi connectivity index (χ0) is 37.6. The number of benzene rings is 1. The Morgan fingerprint density at radius 2 is 1.04 bits per heavy atom. The summed E-state index contributed by atoms with van der Waals surface area (Å²) in [7, 11) is 0. The lowest BCUT2D eigenvalue weighted by Gasteiger charge is -2.32. The second-order valence-corrected chi connectivity index (χ2v) is 12.1. The van der Waals surface area contributed by atoms with Crippen LogP contribution in [0.4, 0.5) is 4.48 Å². The lowest BCUT2D eigenvalue weighted by atomic mass is 10.1. The van der Waals surface area contributed by atoms with Crippen molar-refractivity contribution in [3.63, 3.8) is 0 Å². The molecule has 1 fully saturated rings. The minimum Gasteiger partial charge on any atom is -0.480 e. The molecular formula is C32H49FN8O10. The average Bonchev–Trinajstić information content (AvgIpc) is 3.08. The topological polar surface area (TPSA) is 241 Å². The molecule has 4 amide bonds. The van der Waals surface area contributed by atoms with Gasteiger partial charge in [0.1, 0.15) is 0 Å². The summed E-state index contributed by atoms with van der Waals surface area (Å²) in [6.45, 7) is 1.89. The number of hydrogen-bond donors (Lipinski definition) is 7. The number of halogens is 1. The van der Waals surface area contributed by atoms with Crippen LogP contribution in [-0.4, -0.2) is 168 Å². The maximum Gasteiger partial charge on any atom is 0.317 e. The Morgan fingerprint density at radius 1 is 0.569 bits per heavy atom. The predicted molar refractivity (Wildman–Crippen MR) is 180 cm³/mol. The van der Waals surface area contributed by atoms with Gasteiger partial charge in [0.2, 0.25) is 11.8 Å². The van der Waals surface area contributed by atoms with Crippen molar-refractivity contribution in [2.45, 2.75) is 32.2 Å². The molecular weight excluding hydrogens is 675 g/mol. The quantitative estimate of drug-likeness (QED) is 0.0615. The Labute approximate surface area is 295 Å². The van der Waals surface area contributed by atoms with E-state index < -0.39 is 36.3 Å². The van der Waals surface area contributed by atoms with Gasteiger partial charge in [-0.15, -0.1) is 4.48 Å². The van der Waals surface area contributed by atoms with Crippen LogP contribution < -0.4 is 21.5 Å². The molecule has 18 nitrogen and oxygen atoms in total. The monoisotopic (exact) mass is 724 g/mol. The van der Waals surface area contributed by atoms with E-state index in [1.54, 1.807) is 26.8 Å². The summed E-state index contributed by atoms with van der Waals surface area (Å²) in [5, 5.41) is 36.0. The van der Waals surface area contributed by atoms with Gasteiger partial charge in [-0.3, -0.25) is 53.2 Å². The van der Waals surface area contributed by atoms with Crippen molar-refractivity contribution in [1.82, 2.24) is 41.1 Å². The van der Waals surface area contributed by atoms with E-state index in [9.17, 15) is 53.4 Å². The van der Waals surface area contributed by atoms with Gasteiger partial charge in [0.05, 0.1) is 32.7 Å². The van der Waals surface area contributed by atoms with E-state index in [2.05, 4.69) is 16.0 Å². The van der Waals surface area contributed by atoms with E-state index in [1.807, 2.05) is 4.90 Å². The Hall–Kier alpha value is -4.72. The molecule has 0 unspecified atom stereocenters. The minimum absolute atomic E-state index is 0.0251. The molecule has 0 atom stereocenters. The summed E-state index contributed by atoms with van der Waals surface area (Å²) < 4.78 is 12.0. The summed E-state index contributed by atoms with van der Waals surface area (Å²) in [6.07, 6.45) is 2.21. The fraction of sp³-hybridized carbons (Fsp3) is 0.594. The highest BCUT2D eigenvalue weighted by Gasteiger charge is 2.21. The number of carboxylic acid groups (broad SMARTS) is 3. The number of carbonyl (C=O) groups is 7. The normalized spacial score (nSPS) is 15.5. The van der Waals surface area contributed by atoms with Crippen LogP contribution in [0.15, 0.2) is 24.3 Å². The summed E-state index contributed by atoms with van der Waals surface area (Å²) in [5.74, 6) is -4.99. The van der Waals surface area contributed by atoms with E-state index in [4.69, 9.17) is 0 Å². The molecule has 284 valence electrons. The number of nitrogens with zero attached hydrogens (tertiary/aromatic N) is 4. The Kier molecular flexibility index (Phi) is 19.7. The van der Waals surface area contributed by atoms with Gasteiger partial charge in [-0.25, -0.2) is 0 Å². The van der Waals surface area contributed by atoms with Gasteiger partial charge in [-0.1, -0.05) is 18.6 Å². The van der Waals surface area contributed by atoms with Gasteiger partial charge in [-0.05, 0) is 30.5 Å². The van der Waals surface area contributed by atoms with Crippen molar-refractivity contribution in [2.75, 3.05) is 91.6 Å². The lowest BCUT2D eigenvalue weighted by molar-refractivity contribution is -0.140. The highest BCUT2D eigenvalue weighted by Crippen LogP contribution is 2.06. The van der Waals surface area contributed by atoms with Crippen LogP contribution in [0.25, 0.3) is 0 Å². The Bertz CT molecular complexity index is 1290. The van der Waals surface area contributed by atoms with E-state index in [1.165, 1.54) is 12.1 Å². The van der Waals surface area contributed by atoms with Crippen LogP contribution in [0.3, 0.4) is 0 Å². The first-order valence-corrected chi connectivity index (χ1v) is 16.7. The van der Waals surface area contributed by atoms with Crippen molar-refractivity contribution >= 4 is 41.5 Å². The molecule has 0 saturated carbocycles. The lowest BCUT2D eigenvalue weighted by Crippen LogP contribution is -2.49. The molecule has 0 spiro atoms. The molecule has 19 heteroatoms. The molecule has 7 N–H and O–H groups in total. The number of carboxylic acids is 3. The maximum atomic E-state index is 12.8. The zero-order valence-corrected chi connectivity index (χ0v) is 28.6. The van der Waals surface area contributed by atoms with Crippen LogP contribution in [-0.2, 0) is 35.3 Å². The second-order valence-electron chi connectivity index (χ2n) is 12.1. The highest BCUT2D eigenvalue weighted by molar-refractivity contribution is 5.96. The number of unbranched alkanes of at least 4 members (excludes halogenated alkanes) is 2. The highest BCUT2D eigenvalue weighted by atomic mass is 19.2. The van der Waals surface area contributed by atoms with Crippen LogP contribution in [0.5, 0.6) is 0 Å². The van der Waals surface area contributed by atoms with Crippen molar-refractivity contribution in [3.8, 4) is 0 Å². The molecule has 0 radical (unpaired) electrons. The molecule has 51 heavy (non-hydrogen) atoms. The largest absolute Gasteiger partial charge is 0.480 e. The number of rotatable bonds is 19. The summed E-state index contributed by atoms with van der Waals surface area (Å²) in [6, 6.07) is 6.36. The van der Waals surface area contributed by atoms with Crippen LogP contribution in [0.2, 0.25) is 0 Å². The third-order valence-corrected chi connectivity index (χ3v) is 8.00. The number of carbonyl (C=O) groups excluding carboxylic acids is 4. The average molecular weight is 725 g/mol. The van der Waals surface area contributed by atoms with Crippen LogP contribution in [0, 0.1) is 0 Å². The molecule has 1 heterocycles. The summed E-state index contributed by atoms with van der Waals surface area (Å²) >= 11 is 0. The van der Waals surface area contributed by atoms with Crippen molar-refractivity contribution in [1.29, 1.82) is 0 Å². The number of aliphatic carboxylic acids is 3. The molecule has 2 rings (SSSR count). The number of amides is 4. The van der Waals surface area contributed by atoms with E-state index in [-0.39, 0.29) is 82.7 Å². The summed E-state index contributed by atoms with van der Waals surface area (Å²) in [4.78, 5) is 89.1. The molecule has 0 bridgehead atoms. The van der Waals surface area contributed by atoms with Crippen LogP contribution >= 0.6 is 0 Å². The first-order chi connectivity index (χ1) is 24.3. The van der Waals surface area contributed by atoms with Crippen molar-refractivity contribution in [3.05, 3.63) is 35.4 Å². The predicted octanol–water partition coefficient (Wildman–Crippen LogP) is -1.81. The Balaban J connectivity index is 1.75. The minimum atomic E-state index is -1.03. The first-order valence-electron chi connectivity index (χ1n) is 16.7. The van der Waals surface area contributed by atoms with Gasteiger partial charge >= 0.3 is 17.9 Å². The van der Waals surface area contributed by atoms with E-state index in [0.29, 0.717) is 52.0 Å². The van der Waals surface area contributed by atoms with Crippen LogP contribution in [0.1, 0.15) is 41.6 Å². The SMILES string of the molecule is O=C(O)CN1CCN(CC(=O)O)CCN(CC(=O)NCCCCCC(=O)NCc2ccc(C(=O)NCC(=O)NF)cc2)CCN(CC(=O)O)CC1. The van der Waals surface area contributed by atoms with Crippen molar-refractivity contribution < 1.29 is 53.4 Å². The maximum absolute atomic E-state index is 12.8. The zero-order valence-electron chi connectivity index (χ0n) is 28.6. The third-order valence-electron chi connectivity index (χ3n) is 8.00. The standard InChI is InChI=1S/C32H49FN8O10/c33-37-27(43)19-36-32(51)25-7-5-24(6-8-25)18-35-26(42)4-2-1-3-9-34-28(44)20-38-10-12-39(21-29(45)46)14-16-41(23-31(49)50)17-15-40(13-11-38)22-30(47)48/h5-8H,1-4,9-23H2,(H,34,44)(H,35,42)(H,36,51)(H,37,43)(H,45,46)(H,47,48)(H,49,50). The second kappa shape index (κ2) is 23.6. The molecule has 1 aromatic rings. The summed E-state index contributed by atoms with van der Waals surface area (Å²) in [5.41, 5.74) is 1.96. The first kappa shape index (κ1) is 42.4. The number of nitrogens with one attached hydrogen (secondary N) is 4. The smallest absolute Gasteiger partial charge is 0.317 e. The molecule has 1 aliphatic heterocycles. The van der Waals surface area contributed by atoms with Gasteiger partial charge in [0.15, 0.2) is 0 Å². The van der Waals surface area contributed by atoms with Gasteiger partial charge < -0.3 is 31.3 Å². The van der Waals surface area contributed by atoms with E-state index >= 15 is 0 Å². The molecule has 0 aromatic heterocycles. The number of hydrogen-bond acceptors (Lipinski definition) is 11. The molecule has 1 aliphatic rings.